The lowest BCUT2D eigenvalue weighted by atomic mass is 10.0. The molecule has 0 saturated carbocycles. The Balaban J connectivity index is 1.90. The minimum atomic E-state index is -0.612. The van der Waals surface area contributed by atoms with Crippen molar-refractivity contribution in [1.29, 1.82) is 0 Å². The first-order valence-electron chi connectivity index (χ1n) is 8.30. The number of carbonyl (C=O) groups is 2. The van der Waals surface area contributed by atoms with Crippen LogP contribution in [0.4, 0.5) is 14.5 Å². The first-order valence-corrected chi connectivity index (χ1v) is 8.30. The molecule has 0 aliphatic carbocycles. The van der Waals surface area contributed by atoms with Gasteiger partial charge in [0.2, 0.25) is 5.91 Å². The van der Waals surface area contributed by atoms with Gasteiger partial charge in [-0.15, -0.1) is 0 Å². The second kappa shape index (κ2) is 7.61. The maximum Gasteiger partial charge on any atom is 0.254 e. The quantitative estimate of drug-likeness (QED) is 0.886. The summed E-state index contributed by atoms with van der Waals surface area (Å²) >= 11 is 0. The zero-order valence-corrected chi connectivity index (χ0v) is 14.3. The van der Waals surface area contributed by atoms with E-state index in [1.165, 1.54) is 31.2 Å². The van der Waals surface area contributed by atoms with Crippen LogP contribution in [-0.2, 0) is 4.79 Å². The van der Waals surface area contributed by atoms with Crippen LogP contribution in [0.3, 0.4) is 0 Å². The van der Waals surface area contributed by atoms with Crippen molar-refractivity contribution in [1.82, 2.24) is 10.2 Å². The Hall–Kier alpha value is -2.80. The van der Waals surface area contributed by atoms with Gasteiger partial charge in [-0.1, -0.05) is 12.1 Å². The van der Waals surface area contributed by atoms with Crippen LogP contribution >= 0.6 is 0 Å². The summed E-state index contributed by atoms with van der Waals surface area (Å²) < 4.78 is 27.4. The lowest BCUT2D eigenvalue weighted by molar-refractivity contribution is -0.114. The van der Waals surface area contributed by atoms with Crippen LogP contribution in [0.2, 0.25) is 0 Å². The van der Waals surface area contributed by atoms with Gasteiger partial charge in [0.1, 0.15) is 11.6 Å². The molecule has 5 nitrogen and oxygen atoms in total. The highest BCUT2D eigenvalue weighted by molar-refractivity contribution is 5.97. The van der Waals surface area contributed by atoms with Gasteiger partial charge in [-0.2, -0.15) is 0 Å². The third-order valence-electron chi connectivity index (χ3n) is 4.26. The Labute approximate surface area is 150 Å². The van der Waals surface area contributed by atoms with Crippen molar-refractivity contribution >= 4 is 17.5 Å². The summed E-state index contributed by atoms with van der Waals surface area (Å²) in [7, 11) is 0. The van der Waals surface area contributed by atoms with Crippen LogP contribution in [-0.4, -0.2) is 36.3 Å². The molecular formula is C19H19F2N3O2. The number of amides is 2. The molecule has 7 heteroatoms. The molecule has 2 N–H and O–H groups in total. The SMILES string of the molecule is CC(=O)Nc1cc(C(=O)N2CCNCC2c2cccc(F)c2)ccc1F. The number of hydrogen-bond acceptors (Lipinski definition) is 3. The van der Waals surface area contributed by atoms with Crippen molar-refractivity contribution < 1.29 is 18.4 Å². The van der Waals surface area contributed by atoms with Crippen LogP contribution in [0, 0.1) is 11.6 Å². The van der Waals surface area contributed by atoms with Gasteiger partial charge in [0.25, 0.3) is 5.91 Å². The number of nitrogens with zero attached hydrogens (tertiary/aromatic N) is 1. The molecule has 0 aromatic heterocycles. The van der Waals surface area contributed by atoms with Crippen LogP contribution in [0.15, 0.2) is 42.5 Å². The van der Waals surface area contributed by atoms with Gasteiger partial charge in [-0.3, -0.25) is 9.59 Å². The number of hydrogen-bond donors (Lipinski definition) is 2. The van der Waals surface area contributed by atoms with Crippen LogP contribution < -0.4 is 10.6 Å². The maximum atomic E-state index is 13.8. The minimum Gasteiger partial charge on any atom is -0.329 e. The van der Waals surface area contributed by atoms with E-state index in [-0.39, 0.29) is 29.0 Å². The van der Waals surface area contributed by atoms with Crippen molar-refractivity contribution in [3.63, 3.8) is 0 Å². The monoisotopic (exact) mass is 359 g/mol. The van der Waals surface area contributed by atoms with E-state index >= 15 is 0 Å². The molecule has 136 valence electrons. The summed E-state index contributed by atoms with van der Waals surface area (Å²) in [6.07, 6.45) is 0. The molecule has 1 unspecified atom stereocenters. The molecule has 1 atom stereocenters. The number of anilines is 1. The lowest BCUT2D eigenvalue weighted by Gasteiger charge is -2.36. The molecule has 2 aromatic carbocycles. The molecule has 1 saturated heterocycles. The summed E-state index contributed by atoms with van der Waals surface area (Å²) in [5.74, 6) is -1.70. The van der Waals surface area contributed by atoms with Gasteiger partial charge >= 0.3 is 0 Å². The fourth-order valence-electron chi connectivity index (χ4n) is 3.07. The number of halogens is 2. The molecular weight excluding hydrogens is 340 g/mol. The minimum absolute atomic E-state index is 0.0409. The van der Waals surface area contributed by atoms with Gasteiger partial charge in [0.15, 0.2) is 0 Å². The van der Waals surface area contributed by atoms with Crippen molar-refractivity contribution in [2.45, 2.75) is 13.0 Å². The van der Waals surface area contributed by atoms with E-state index in [0.717, 1.165) is 6.07 Å². The fourth-order valence-corrected chi connectivity index (χ4v) is 3.07. The highest BCUT2D eigenvalue weighted by Crippen LogP contribution is 2.26. The average Bonchev–Trinajstić information content (AvgIpc) is 2.62. The molecule has 2 aromatic rings. The first kappa shape index (κ1) is 18.0. The van der Waals surface area contributed by atoms with E-state index in [1.807, 2.05) is 0 Å². The smallest absolute Gasteiger partial charge is 0.254 e. The zero-order valence-electron chi connectivity index (χ0n) is 14.3. The van der Waals surface area contributed by atoms with E-state index in [1.54, 1.807) is 17.0 Å². The van der Waals surface area contributed by atoms with Crippen molar-refractivity contribution in [3.8, 4) is 0 Å². The molecule has 0 spiro atoms. The topological polar surface area (TPSA) is 61.4 Å². The Kier molecular flexibility index (Phi) is 5.27. The molecule has 2 amide bonds. The summed E-state index contributed by atoms with van der Waals surface area (Å²) in [5, 5.41) is 5.58. The van der Waals surface area contributed by atoms with E-state index in [9.17, 15) is 18.4 Å². The van der Waals surface area contributed by atoms with Crippen LogP contribution in [0.1, 0.15) is 28.9 Å². The highest BCUT2D eigenvalue weighted by atomic mass is 19.1. The number of piperazine rings is 1. The molecule has 3 rings (SSSR count). The molecule has 0 radical (unpaired) electrons. The zero-order chi connectivity index (χ0) is 18.7. The van der Waals surface area contributed by atoms with Crippen LogP contribution in [0.5, 0.6) is 0 Å². The van der Waals surface area contributed by atoms with Gasteiger partial charge < -0.3 is 15.5 Å². The molecule has 1 heterocycles. The van der Waals surface area contributed by atoms with Gasteiger partial charge in [-0.25, -0.2) is 8.78 Å². The standard InChI is InChI=1S/C19H19F2N3O2/c1-12(25)23-17-10-14(5-6-16(17)21)19(26)24-8-7-22-11-18(24)13-3-2-4-15(20)9-13/h2-6,9-10,18,22H,7-8,11H2,1H3,(H,23,25). The Morgan fingerprint density at radius 1 is 1.19 bits per heavy atom. The number of benzene rings is 2. The largest absolute Gasteiger partial charge is 0.329 e. The Bertz CT molecular complexity index is 841. The molecule has 26 heavy (non-hydrogen) atoms. The third kappa shape index (κ3) is 3.88. The number of rotatable bonds is 3. The molecule has 1 fully saturated rings. The van der Waals surface area contributed by atoms with Crippen molar-refractivity contribution in [3.05, 3.63) is 65.2 Å². The highest BCUT2D eigenvalue weighted by Gasteiger charge is 2.29. The van der Waals surface area contributed by atoms with E-state index in [4.69, 9.17) is 0 Å². The van der Waals surface area contributed by atoms with Gasteiger partial charge in [0, 0.05) is 32.1 Å². The Morgan fingerprint density at radius 2 is 2.00 bits per heavy atom. The number of carbonyl (C=O) groups excluding carboxylic acids is 2. The second-order valence-electron chi connectivity index (χ2n) is 6.15. The van der Waals surface area contributed by atoms with E-state index in [2.05, 4.69) is 10.6 Å². The first-order chi connectivity index (χ1) is 12.5. The normalized spacial score (nSPS) is 17.0. The molecule has 1 aliphatic rings. The fraction of sp³-hybridized carbons (Fsp3) is 0.263. The molecule has 1 aliphatic heterocycles. The third-order valence-corrected chi connectivity index (χ3v) is 4.26. The van der Waals surface area contributed by atoms with Crippen molar-refractivity contribution in [2.24, 2.45) is 0 Å². The average molecular weight is 359 g/mol. The van der Waals surface area contributed by atoms with E-state index in [0.29, 0.717) is 25.2 Å². The predicted molar refractivity (Wildman–Crippen MR) is 93.8 cm³/mol. The maximum absolute atomic E-state index is 13.8. The number of nitrogens with one attached hydrogen (secondary N) is 2. The Morgan fingerprint density at radius 3 is 2.73 bits per heavy atom. The summed E-state index contributed by atoms with van der Waals surface area (Å²) in [6, 6.07) is 9.66. The van der Waals surface area contributed by atoms with Gasteiger partial charge in [0.05, 0.1) is 11.7 Å². The summed E-state index contributed by atoms with van der Waals surface area (Å²) in [5.41, 5.74) is 0.911. The molecule has 0 bridgehead atoms. The van der Waals surface area contributed by atoms with E-state index < -0.39 is 11.7 Å². The second-order valence-corrected chi connectivity index (χ2v) is 6.15. The predicted octanol–water partition coefficient (Wildman–Crippen LogP) is 2.71. The lowest BCUT2D eigenvalue weighted by Crippen LogP contribution is -2.48. The van der Waals surface area contributed by atoms with Crippen LogP contribution in [0.25, 0.3) is 0 Å². The summed E-state index contributed by atoms with van der Waals surface area (Å²) in [4.78, 5) is 25.8. The van der Waals surface area contributed by atoms with Crippen molar-refractivity contribution in [2.75, 3.05) is 25.0 Å². The summed E-state index contributed by atoms with van der Waals surface area (Å²) in [6.45, 7) is 2.81. The van der Waals surface area contributed by atoms with Gasteiger partial charge in [-0.05, 0) is 35.9 Å².